The van der Waals surface area contributed by atoms with Crippen molar-refractivity contribution >= 4 is 58.4 Å². The lowest BCUT2D eigenvalue weighted by Crippen LogP contribution is -2.40. The summed E-state index contributed by atoms with van der Waals surface area (Å²) in [5.74, 6) is -0.278. The monoisotopic (exact) mass is 698 g/mol. The number of esters is 2. The Hall–Kier alpha value is -4.64. The molecule has 3 heterocycles. The van der Waals surface area contributed by atoms with Crippen molar-refractivity contribution in [3.63, 3.8) is 0 Å². The van der Waals surface area contributed by atoms with E-state index in [2.05, 4.69) is 0 Å². The Labute approximate surface area is 290 Å². The zero-order valence-corrected chi connectivity index (χ0v) is 28.9. The molecule has 6 rings (SSSR count). The summed E-state index contributed by atoms with van der Waals surface area (Å²) in [6.45, 7) is 5.46. The number of rotatable bonds is 9. The Balaban J connectivity index is 1.52. The maximum atomic E-state index is 14.2. The normalized spacial score (nSPS) is 14.5. The molecule has 0 radical (unpaired) electrons. The second-order valence-electron chi connectivity index (χ2n) is 11.1. The number of carbonyl (C=O) groups is 2. The second-order valence-corrected chi connectivity index (χ2v) is 13.4. The van der Waals surface area contributed by atoms with Gasteiger partial charge in [0.15, 0.2) is 4.80 Å². The van der Waals surface area contributed by atoms with Crippen LogP contribution in [0.15, 0.2) is 110 Å². The first-order chi connectivity index (χ1) is 23.2. The van der Waals surface area contributed by atoms with Crippen LogP contribution in [0.5, 0.6) is 0 Å². The van der Waals surface area contributed by atoms with Crippen molar-refractivity contribution in [2.75, 3.05) is 12.9 Å². The first kappa shape index (κ1) is 33.3. The molecule has 0 saturated carbocycles. The van der Waals surface area contributed by atoms with Crippen molar-refractivity contribution < 1.29 is 23.5 Å². The molecular formula is C37H31ClN2O6S2. The average Bonchev–Trinajstić information content (AvgIpc) is 3.68. The van der Waals surface area contributed by atoms with Gasteiger partial charge in [0.25, 0.3) is 5.56 Å². The van der Waals surface area contributed by atoms with E-state index in [4.69, 9.17) is 30.5 Å². The summed E-state index contributed by atoms with van der Waals surface area (Å²) in [6, 6.07) is 24.7. The number of hydrogen-bond acceptors (Lipinski definition) is 9. The van der Waals surface area contributed by atoms with Crippen molar-refractivity contribution in [1.82, 2.24) is 4.57 Å². The van der Waals surface area contributed by atoms with Crippen molar-refractivity contribution in [3.8, 4) is 11.3 Å². The van der Waals surface area contributed by atoms with Crippen LogP contribution in [0.3, 0.4) is 0 Å². The molecule has 0 fully saturated rings. The molecule has 0 unspecified atom stereocenters. The maximum absolute atomic E-state index is 14.2. The Kier molecular flexibility index (Phi) is 9.86. The molecule has 0 bridgehead atoms. The van der Waals surface area contributed by atoms with E-state index in [1.54, 1.807) is 73.5 Å². The van der Waals surface area contributed by atoms with Gasteiger partial charge in [0.2, 0.25) is 0 Å². The van der Waals surface area contributed by atoms with Gasteiger partial charge in [-0.1, -0.05) is 65.4 Å². The van der Waals surface area contributed by atoms with E-state index in [-0.39, 0.29) is 23.8 Å². The largest absolute Gasteiger partial charge is 0.463 e. The molecule has 0 spiro atoms. The Morgan fingerprint density at radius 3 is 2.48 bits per heavy atom. The van der Waals surface area contributed by atoms with Crippen molar-refractivity contribution in [2.24, 2.45) is 4.99 Å². The predicted molar refractivity (Wildman–Crippen MR) is 189 cm³/mol. The number of furan rings is 1. The summed E-state index contributed by atoms with van der Waals surface area (Å²) in [7, 11) is 0. The summed E-state index contributed by atoms with van der Waals surface area (Å²) >= 11 is 9.08. The van der Waals surface area contributed by atoms with Crippen LogP contribution in [0.4, 0.5) is 0 Å². The molecule has 1 atom stereocenters. The second kappa shape index (κ2) is 14.2. The summed E-state index contributed by atoms with van der Waals surface area (Å²) < 4.78 is 19.0. The lowest BCUT2D eigenvalue weighted by atomic mass is 9.93. The van der Waals surface area contributed by atoms with Gasteiger partial charge in [0.1, 0.15) is 11.5 Å². The minimum absolute atomic E-state index is 0.164. The van der Waals surface area contributed by atoms with Crippen LogP contribution in [0.2, 0.25) is 5.02 Å². The number of aromatic nitrogens is 1. The lowest BCUT2D eigenvalue weighted by Gasteiger charge is -2.26. The quantitative estimate of drug-likeness (QED) is 0.119. The Morgan fingerprint density at radius 1 is 1.04 bits per heavy atom. The molecular weight excluding hydrogens is 668 g/mol. The van der Waals surface area contributed by atoms with Crippen LogP contribution in [0.25, 0.3) is 23.1 Å². The first-order valence-corrected chi connectivity index (χ1v) is 17.6. The third-order valence-corrected chi connectivity index (χ3v) is 9.48. The molecule has 0 N–H and O–H groups in total. The molecule has 8 nitrogen and oxygen atoms in total. The molecule has 1 aliphatic heterocycles. The number of halogens is 1. The van der Waals surface area contributed by atoms with Gasteiger partial charge in [-0.15, -0.1) is 11.8 Å². The fourth-order valence-corrected chi connectivity index (χ4v) is 6.98. The van der Waals surface area contributed by atoms with E-state index in [9.17, 15) is 14.4 Å². The highest BCUT2D eigenvalue weighted by atomic mass is 35.5. The Morgan fingerprint density at radius 2 is 1.79 bits per heavy atom. The fourth-order valence-electron chi connectivity index (χ4n) is 5.42. The third-order valence-electron chi connectivity index (χ3n) is 7.52. The van der Waals surface area contributed by atoms with Gasteiger partial charge < -0.3 is 13.9 Å². The highest BCUT2D eigenvalue weighted by Crippen LogP contribution is 2.36. The van der Waals surface area contributed by atoms with E-state index in [1.807, 2.05) is 60.9 Å². The SMILES string of the molecule is CCOC(=O)C1=C(c2ccccc2)N=c2s/c(=C/c3ccc(-c4cc(Cl)ccc4C(=O)OC(C)C)o3)c(=O)n2[C@H]1c1ccc(SC)cc1. The highest BCUT2D eigenvalue weighted by Gasteiger charge is 2.35. The van der Waals surface area contributed by atoms with E-state index in [1.165, 1.54) is 11.3 Å². The van der Waals surface area contributed by atoms with E-state index < -0.39 is 18.0 Å². The van der Waals surface area contributed by atoms with Gasteiger partial charge in [-0.05, 0) is 75.1 Å². The van der Waals surface area contributed by atoms with Gasteiger partial charge in [-0.25, -0.2) is 14.6 Å². The van der Waals surface area contributed by atoms with E-state index in [0.29, 0.717) is 42.7 Å². The predicted octanol–water partition coefficient (Wildman–Crippen LogP) is 7.14. The van der Waals surface area contributed by atoms with Crippen molar-refractivity contribution in [3.05, 3.63) is 138 Å². The number of benzene rings is 3. The Bertz CT molecular complexity index is 2220. The van der Waals surface area contributed by atoms with Gasteiger partial charge in [-0.2, -0.15) is 0 Å². The topological polar surface area (TPSA) is 100 Å². The van der Waals surface area contributed by atoms with Gasteiger partial charge >= 0.3 is 11.9 Å². The zero-order valence-electron chi connectivity index (χ0n) is 26.6. The number of ether oxygens (including phenoxy) is 2. The van der Waals surface area contributed by atoms with Crippen LogP contribution in [0, 0.1) is 0 Å². The summed E-state index contributed by atoms with van der Waals surface area (Å²) in [5.41, 5.74) is 2.63. The minimum atomic E-state index is -0.790. The minimum Gasteiger partial charge on any atom is -0.463 e. The summed E-state index contributed by atoms with van der Waals surface area (Å²) in [5, 5.41) is 0.426. The molecule has 11 heteroatoms. The number of fused-ring (bicyclic) bond motifs is 1. The summed E-state index contributed by atoms with van der Waals surface area (Å²) in [4.78, 5) is 47.1. The number of hydrogen-bond donors (Lipinski definition) is 0. The average molecular weight is 699 g/mol. The van der Waals surface area contributed by atoms with E-state index in [0.717, 1.165) is 16.0 Å². The van der Waals surface area contributed by atoms with Gasteiger partial charge in [0, 0.05) is 27.1 Å². The molecule has 0 saturated heterocycles. The maximum Gasteiger partial charge on any atom is 0.339 e. The lowest BCUT2D eigenvalue weighted by molar-refractivity contribution is -0.138. The molecule has 0 aliphatic carbocycles. The van der Waals surface area contributed by atoms with Gasteiger partial charge in [-0.3, -0.25) is 9.36 Å². The number of nitrogens with zero attached hydrogens (tertiary/aromatic N) is 2. The van der Waals surface area contributed by atoms with E-state index >= 15 is 0 Å². The molecule has 2 aromatic heterocycles. The zero-order chi connectivity index (χ0) is 33.9. The number of carbonyl (C=O) groups excluding carboxylic acids is 2. The summed E-state index contributed by atoms with van der Waals surface area (Å²) in [6.07, 6.45) is 3.31. The van der Waals surface area contributed by atoms with Crippen LogP contribution in [0.1, 0.15) is 54.1 Å². The molecule has 0 amide bonds. The first-order valence-electron chi connectivity index (χ1n) is 15.2. The van der Waals surface area contributed by atoms with Crippen LogP contribution >= 0.6 is 34.7 Å². The smallest absolute Gasteiger partial charge is 0.339 e. The van der Waals surface area contributed by atoms with Crippen LogP contribution < -0.4 is 14.9 Å². The number of thioether (sulfide) groups is 1. The number of thiazole rings is 1. The third kappa shape index (κ3) is 6.69. The van der Waals surface area contributed by atoms with Gasteiger partial charge in [0.05, 0.1) is 40.1 Å². The molecule has 5 aromatic rings. The molecule has 48 heavy (non-hydrogen) atoms. The fraction of sp³-hybridized carbons (Fsp3) is 0.189. The van der Waals surface area contributed by atoms with Crippen molar-refractivity contribution in [1.29, 1.82) is 0 Å². The molecule has 3 aromatic carbocycles. The standard InChI is InChI=1S/C37H31ClN2O6S2/c1-5-44-36(43)31-32(22-9-7-6-8-10-22)39-37-40(33(31)23-11-15-26(47-4)16-12-23)34(41)30(48-37)20-25-14-18-29(46-25)28-19-24(38)13-17-27(28)35(42)45-21(2)3/h6-21,33H,5H2,1-4H3/b30-20+/t33-/m0/s1. The molecule has 1 aliphatic rings. The highest BCUT2D eigenvalue weighted by molar-refractivity contribution is 7.98. The van der Waals surface area contributed by atoms with Crippen molar-refractivity contribution in [2.45, 2.75) is 37.8 Å². The van der Waals surface area contributed by atoms with Crippen LogP contribution in [-0.4, -0.2) is 35.5 Å². The molecule has 244 valence electrons. The van der Waals surface area contributed by atoms with Crippen LogP contribution in [-0.2, 0) is 14.3 Å².